The molecule has 4 nitrogen and oxygen atoms in total. The molecule has 0 aliphatic carbocycles. The average molecular weight is 405 g/mol. The molecule has 1 heterocycles. The standard InChI is InChI=1S/C27H19NO3/c1-30-26-22-12-7-13-24(31-27(29)19-9-3-2-4-10-19)25(22)23(17-28-26)21-15-14-18-8-5-6-11-20(18)16-21/h2-17H,1H3. The Hall–Kier alpha value is -4.18. The third kappa shape index (κ3) is 3.49. The second kappa shape index (κ2) is 7.92. The summed E-state index contributed by atoms with van der Waals surface area (Å²) in [5.74, 6) is 0.542. The number of ether oxygens (including phenoxy) is 2. The Bertz CT molecular complexity index is 1410. The predicted octanol–water partition coefficient (Wildman–Crippen LogP) is 6.28. The van der Waals surface area contributed by atoms with Crippen LogP contribution in [-0.2, 0) is 0 Å². The zero-order valence-corrected chi connectivity index (χ0v) is 16.9. The van der Waals surface area contributed by atoms with E-state index >= 15 is 0 Å². The first-order valence-corrected chi connectivity index (χ1v) is 9.97. The van der Waals surface area contributed by atoms with E-state index in [0.29, 0.717) is 17.2 Å². The third-order valence-corrected chi connectivity index (χ3v) is 5.30. The van der Waals surface area contributed by atoms with E-state index in [0.717, 1.165) is 32.7 Å². The van der Waals surface area contributed by atoms with Crippen LogP contribution < -0.4 is 9.47 Å². The molecule has 0 spiro atoms. The van der Waals surface area contributed by atoms with Crippen molar-refractivity contribution in [1.29, 1.82) is 0 Å². The zero-order valence-electron chi connectivity index (χ0n) is 16.9. The van der Waals surface area contributed by atoms with Crippen molar-refractivity contribution in [3.63, 3.8) is 0 Å². The lowest BCUT2D eigenvalue weighted by atomic mass is 9.97. The molecule has 5 rings (SSSR count). The number of fused-ring (bicyclic) bond motifs is 2. The molecular weight excluding hydrogens is 386 g/mol. The number of aromatic nitrogens is 1. The van der Waals surface area contributed by atoms with E-state index in [4.69, 9.17) is 9.47 Å². The van der Waals surface area contributed by atoms with Crippen LogP contribution in [-0.4, -0.2) is 18.1 Å². The number of esters is 1. The molecule has 0 amide bonds. The first-order valence-electron chi connectivity index (χ1n) is 9.97. The maximum atomic E-state index is 12.8. The third-order valence-electron chi connectivity index (χ3n) is 5.30. The van der Waals surface area contributed by atoms with Crippen LogP contribution in [0.1, 0.15) is 10.4 Å². The van der Waals surface area contributed by atoms with Crippen LogP contribution in [0, 0.1) is 0 Å². The summed E-state index contributed by atoms with van der Waals surface area (Å²) >= 11 is 0. The maximum absolute atomic E-state index is 12.8. The van der Waals surface area contributed by atoms with Gasteiger partial charge in [0.2, 0.25) is 5.88 Å². The first kappa shape index (κ1) is 18.8. The highest BCUT2D eigenvalue weighted by Gasteiger charge is 2.17. The number of carbonyl (C=O) groups excluding carboxylic acids is 1. The molecule has 4 heteroatoms. The summed E-state index contributed by atoms with van der Waals surface area (Å²) in [5.41, 5.74) is 2.35. The van der Waals surface area contributed by atoms with Crippen LogP contribution in [0.2, 0.25) is 0 Å². The van der Waals surface area contributed by atoms with E-state index in [2.05, 4.69) is 35.3 Å². The molecule has 0 unspecified atom stereocenters. The quantitative estimate of drug-likeness (QED) is 0.261. The lowest BCUT2D eigenvalue weighted by molar-refractivity contribution is 0.0737. The van der Waals surface area contributed by atoms with Crippen molar-refractivity contribution in [1.82, 2.24) is 4.98 Å². The SMILES string of the molecule is COc1ncc(-c2ccc3ccccc3c2)c2c(OC(=O)c3ccccc3)cccc12. The second-order valence-electron chi connectivity index (χ2n) is 7.18. The van der Waals surface area contributed by atoms with Crippen molar-refractivity contribution in [2.45, 2.75) is 0 Å². The number of methoxy groups -OCH3 is 1. The average Bonchev–Trinajstić information content (AvgIpc) is 2.83. The van der Waals surface area contributed by atoms with E-state index < -0.39 is 5.97 Å². The molecule has 0 atom stereocenters. The molecule has 0 fully saturated rings. The number of benzene rings is 4. The Morgan fingerprint density at radius 2 is 1.58 bits per heavy atom. The van der Waals surface area contributed by atoms with Gasteiger partial charge in [-0.05, 0) is 46.7 Å². The molecule has 1 aromatic heterocycles. The van der Waals surface area contributed by atoms with E-state index in [1.807, 2.05) is 42.5 Å². The van der Waals surface area contributed by atoms with Crippen LogP contribution >= 0.6 is 0 Å². The summed E-state index contributed by atoms with van der Waals surface area (Å²) in [6, 6.07) is 29.0. The van der Waals surface area contributed by atoms with Crippen LogP contribution in [0.25, 0.3) is 32.7 Å². The monoisotopic (exact) mass is 405 g/mol. The van der Waals surface area contributed by atoms with Gasteiger partial charge in [-0.15, -0.1) is 0 Å². The smallest absolute Gasteiger partial charge is 0.343 e. The van der Waals surface area contributed by atoms with Gasteiger partial charge in [0.25, 0.3) is 0 Å². The summed E-state index contributed by atoms with van der Waals surface area (Å²) in [6.45, 7) is 0. The highest BCUT2D eigenvalue weighted by Crippen LogP contribution is 2.39. The molecule has 0 aliphatic rings. The zero-order chi connectivity index (χ0) is 21.2. The van der Waals surface area contributed by atoms with Crippen molar-refractivity contribution >= 4 is 27.5 Å². The van der Waals surface area contributed by atoms with E-state index in [9.17, 15) is 4.79 Å². The number of pyridine rings is 1. The van der Waals surface area contributed by atoms with E-state index in [-0.39, 0.29) is 0 Å². The van der Waals surface area contributed by atoms with Gasteiger partial charge in [-0.3, -0.25) is 0 Å². The summed E-state index contributed by atoms with van der Waals surface area (Å²) in [5, 5.41) is 3.86. The Morgan fingerprint density at radius 3 is 2.39 bits per heavy atom. The number of hydrogen-bond acceptors (Lipinski definition) is 4. The van der Waals surface area contributed by atoms with Gasteiger partial charge in [-0.2, -0.15) is 0 Å². The van der Waals surface area contributed by atoms with Crippen molar-refractivity contribution in [2.75, 3.05) is 7.11 Å². The van der Waals surface area contributed by atoms with Crippen molar-refractivity contribution in [2.24, 2.45) is 0 Å². The molecule has 5 aromatic rings. The summed E-state index contributed by atoms with van der Waals surface area (Å²) < 4.78 is 11.3. The summed E-state index contributed by atoms with van der Waals surface area (Å²) in [7, 11) is 1.58. The maximum Gasteiger partial charge on any atom is 0.343 e. The van der Waals surface area contributed by atoms with E-state index in [1.165, 1.54) is 0 Å². The van der Waals surface area contributed by atoms with Gasteiger partial charge >= 0.3 is 5.97 Å². The van der Waals surface area contributed by atoms with Gasteiger partial charge in [-0.1, -0.05) is 60.7 Å². The fourth-order valence-electron chi connectivity index (χ4n) is 3.80. The van der Waals surface area contributed by atoms with Crippen molar-refractivity contribution in [3.8, 4) is 22.8 Å². The molecule has 0 aliphatic heterocycles. The Kier molecular flexibility index (Phi) is 4.81. The minimum Gasteiger partial charge on any atom is -0.481 e. The Balaban J connectivity index is 1.70. The van der Waals surface area contributed by atoms with Gasteiger partial charge in [-0.25, -0.2) is 9.78 Å². The van der Waals surface area contributed by atoms with Crippen molar-refractivity contribution < 1.29 is 14.3 Å². The Labute approximate surface area is 179 Å². The number of carbonyl (C=O) groups is 1. The minimum absolute atomic E-state index is 0.409. The lowest BCUT2D eigenvalue weighted by Crippen LogP contribution is -2.08. The molecule has 150 valence electrons. The normalized spacial score (nSPS) is 10.9. The van der Waals surface area contributed by atoms with Gasteiger partial charge in [0.1, 0.15) is 5.75 Å². The molecular formula is C27H19NO3. The van der Waals surface area contributed by atoms with Crippen LogP contribution in [0.15, 0.2) is 97.2 Å². The molecule has 0 radical (unpaired) electrons. The highest BCUT2D eigenvalue weighted by molar-refractivity contribution is 6.05. The number of hydrogen-bond donors (Lipinski definition) is 0. The fraction of sp³-hybridized carbons (Fsp3) is 0.0370. The molecule has 0 bridgehead atoms. The molecule has 31 heavy (non-hydrogen) atoms. The van der Waals surface area contributed by atoms with Crippen LogP contribution in [0.4, 0.5) is 0 Å². The molecule has 4 aromatic carbocycles. The minimum atomic E-state index is -0.409. The largest absolute Gasteiger partial charge is 0.481 e. The molecule has 0 saturated carbocycles. The summed E-state index contributed by atoms with van der Waals surface area (Å²) in [4.78, 5) is 17.3. The molecule has 0 saturated heterocycles. The second-order valence-corrected chi connectivity index (χ2v) is 7.18. The Morgan fingerprint density at radius 1 is 0.806 bits per heavy atom. The van der Waals surface area contributed by atoms with E-state index in [1.54, 1.807) is 31.5 Å². The molecule has 0 N–H and O–H groups in total. The first-order chi connectivity index (χ1) is 15.2. The van der Waals surface area contributed by atoms with Gasteiger partial charge < -0.3 is 9.47 Å². The number of rotatable bonds is 4. The number of nitrogens with zero attached hydrogens (tertiary/aromatic N) is 1. The van der Waals surface area contributed by atoms with Crippen LogP contribution in [0.3, 0.4) is 0 Å². The summed E-state index contributed by atoms with van der Waals surface area (Å²) in [6.07, 6.45) is 1.77. The predicted molar refractivity (Wildman–Crippen MR) is 123 cm³/mol. The van der Waals surface area contributed by atoms with Gasteiger partial charge in [0.15, 0.2) is 0 Å². The van der Waals surface area contributed by atoms with Gasteiger partial charge in [0, 0.05) is 22.5 Å². The van der Waals surface area contributed by atoms with Crippen LogP contribution in [0.5, 0.6) is 11.6 Å². The van der Waals surface area contributed by atoms with Gasteiger partial charge in [0.05, 0.1) is 12.7 Å². The highest BCUT2D eigenvalue weighted by atomic mass is 16.5. The van der Waals surface area contributed by atoms with Crippen molar-refractivity contribution in [3.05, 3.63) is 103 Å². The lowest BCUT2D eigenvalue weighted by Gasteiger charge is -2.14. The fourth-order valence-corrected chi connectivity index (χ4v) is 3.80. The topological polar surface area (TPSA) is 48.4 Å².